The number of rotatable bonds is 8. The molecule has 0 nitrogen and oxygen atoms in total. The lowest BCUT2D eigenvalue weighted by atomic mass is 9.75. The highest BCUT2D eigenvalue weighted by atomic mass is 19.2. The van der Waals surface area contributed by atoms with E-state index in [4.69, 9.17) is 0 Å². The predicted octanol–water partition coefficient (Wildman–Crippen LogP) is 9.57. The summed E-state index contributed by atoms with van der Waals surface area (Å²) in [5.41, 5.74) is 4.94. The van der Waals surface area contributed by atoms with Crippen molar-refractivity contribution in [3.63, 3.8) is 0 Å². The number of unbranched alkanes of at least 4 members (excludes halogenated alkanes) is 3. The molecule has 0 radical (unpaired) electrons. The summed E-state index contributed by atoms with van der Waals surface area (Å²) in [4.78, 5) is 0. The molecule has 0 bridgehead atoms. The molecule has 186 valence electrons. The Kier molecular flexibility index (Phi) is 8.77. The Morgan fingerprint density at radius 1 is 0.735 bits per heavy atom. The van der Waals surface area contributed by atoms with Gasteiger partial charge in [0.1, 0.15) is 6.17 Å². The van der Waals surface area contributed by atoms with Crippen LogP contribution in [0.5, 0.6) is 0 Å². The zero-order valence-electron chi connectivity index (χ0n) is 21.0. The second kappa shape index (κ2) is 11.8. The molecule has 0 heterocycles. The minimum absolute atomic E-state index is 0.461. The van der Waals surface area contributed by atoms with Crippen LogP contribution in [0.3, 0.4) is 0 Å². The van der Waals surface area contributed by atoms with E-state index in [1.54, 1.807) is 12.2 Å². The SMILES string of the molecule is CCCCCCC1=CC=C(C2=CC=C(C3=CC=C(C4CCC(C)CC4)CC3F)CC2)C(F)C1F. The van der Waals surface area contributed by atoms with Crippen molar-refractivity contribution in [1.29, 1.82) is 0 Å². The number of allylic oxidation sites excluding steroid dienone is 12. The van der Waals surface area contributed by atoms with Crippen LogP contribution in [0.4, 0.5) is 13.2 Å². The Labute approximate surface area is 204 Å². The molecule has 1 fully saturated rings. The van der Waals surface area contributed by atoms with Crippen LogP contribution in [0.2, 0.25) is 0 Å². The lowest BCUT2D eigenvalue weighted by molar-refractivity contribution is 0.220. The van der Waals surface area contributed by atoms with Crippen molar-refractivity contribution in [2.45, 2.75) is 109 Å². The molecule has 0 aromatic heterocycles. The Morgan fingerprint density at radius 3 is 2.06 bits per heavy atom. The molecule has 0 amide bonds. The normalized spacial score (nSPS) is 32.2. The lowest BCUT2D eigenvalue weighted by Crippen LogP contribution is -2.26. The van der Waals surface area contributed by atoms with Crippen molar-refractivity contribution >= 4 is 0 Å². The average molecular weight is 471 g/mol. The lowest BCUT2D eigenvalue weighted by Gasteiger charge is -2.31. The molecule has 1 saturated carbocycles. The Bertz CT molecular complexity index is 905. The summed E-state index contributed by atoms with van der Waals surface area (Å²) in [6.07, 6.45) is 19.0. The third-order valence-electron chi connectivity index (χ3n) is 8.36. The van der Waals surface area contributed by atoms with Crippen molar-refractivity contribution in [2.75, 3.05) is 0 Å². The van der Waals surface area contributed by atoms with Gasteiger partial charge in [-0.05, 0) is 78.2 Å². The van der Waals surface area contributed by atoms with Gasteiger partial charge in [0.05, 0.1) is 0 Å². The fourth-order valence-corrected chi connectivity index (χ4v) is 6.03. The molecular formula is C31H41F3. The van der Waals surface area contributed by atoms with Gasteiger partial charge in [0, 0.05) is 6.42 Å². The van der Waals surface area contributed by atoms with Crippen LogP contribution in [0, 0.1) is 11.8 Å². The van der Waals surface area contributed by atoms with Gasteiger partial charge in [-0.15, -0.1) is 0 Å². The van der Waals surface area contributed by atoms with Gasteiger partial charge < -0.3 is 0 Å². The van der Waals surface area contributed by atoms with Crippen LogP contribution in [-0.2, 0) is 0 Å². The van der Waals surface area contributed by atoms with E-state index in [-0.39, 0.29) is 0 Å². The van der Waals surface area contributed by atoms with E-state index in [1.165, 1.54) is 31.3 Å². The largest absolute Gasteiger partial charge is 0.242 e. The van der Waals surface area contributed by atoms with Gasteiger partial charge in [-0.1, -0.05) is 88.0 Å². The Hall–Kier alpha value is -1.77. The highest BCUT2D eigenvalue weighted by molar-refractivity contribution is 5.51. The van der Waals surface area contributed by atoms with E-state index in [1.807, 2.05) is 18.2 Å². The minimum atomic E-state index is -1.60. The summed E-state index contributed by atoms with van der Waals surface area (Å²) in [6.45, 7) is 4.46. The maximum Gasteiger partial charge on any atom is 0.160 e. The highest BCUT2D eigenvalue weighted by Crippen LogP contribution is 2.41. The van der Waals surface area contributed by atoms with Crippen LogP contribution in [0.25, 0.3) is 0 Å². The van der Waals surface area contributed by atoms with Gasteiger partial charge in [-0.2, -0.15) is 0 Å². The Morgan fingerprint density at radius 2 is 1.41 bits per heavy atom. The number of hydrogen-bond donors (Lipinski definition) is 0. The fraction of sp³-hybridized carbons (Fsp3) is 0.613. The molecule has 0 saturated heterocycles. The van der Waals surface area contributed by atoms with Crippen molar-refractivity contribution < 1.29 is 13.2 Å². The maximum atomic E-state index is 15.2. The molecule has 0 aromatic rings. The van der Waals surface area contributed by atoms with Crippen LogP contribution in [-0.4, -0.2) is 18.5 Å². The molecule has 3 heteroatoms. The van der Waals surface area contributed by atoms with Crippen molar-refractivity contribution in [2.24, 2.45) is 11.8 Å². The van der Waals surface area contributed by atoms with Crippen LogP contribution >= 0.6 is 0 Å². The molecule has 4 aliphatic carbocycles. The monoisotopic (exact) mass is 470 g/mol. The maximum absolute atomic E-state index is 15.2. The Balaban J connectivity index is 1.43. The fourth-order valence-electron chi connectivity index (χ4n) is 6.03. The summed E-state index contributed by atoms with van der Waals surface area (Å²) < 4.78 is 45.0. The molecule has 0 aliphatic heterocycles. The first-order valence-electron chi connectivity index (χ1n) is 13.6. The number of halogens is 3. The zero-order chi connectivity index (χ0) is 24.1. The van der Waals surface area contributed by atoms with Gasteiger partial charge in [0.25, 0.3) is 0 Å². The first-order chi connectivity index (χ1) is 16.5. The first kappa shape index (κ1) is 25.3. The number of hydrogen-bond acceptors (Lipinski definition) is 0. The van der Waals surface area contributed by atoms with Gasteiger partial charge in [0.2, 0.25) is 0 Å². The summed E-state index contributed by atoms with van der Waals surface area (Å²) in [5, 5.41) is 0. The molecule has 0 aromatic carbocycles. The smallest absolute Gasteiger partial charge is 0.160 e. The van der Waals surface area contributed by atoms with E-state index in [0.717, 1.165) is 48.3 Å². The molecular weight excluding hydrogens is 429 g/mol. The van der Waals surface area contributed by atoms with E-state index in [0.29, 0.717) is 42.7 Å². The topological polar surface area (TPSA) is 0 Å². The first-order valence-corrected chi connectivity index (χ1v) is 13.6. The van der Waals surface area contributed by atoms with Crippen molar-refractivity contribution in [3.8, 4) is 0 Å². The van der Waals surface area contributed by atoms with Crippen LogP contribution in [0.15, 0.2) is 69.9 Å². The molecule has 0 N–H and O–H groups in total. The third-order valence-corrected chi connectivity index (χ3v) is 8.36. The molecule has 3 atom stereocenters. The highest BCUT2D eigenvalue weighted by Gasteiger charge is 2.33. The van der Waals surface area contributed by atoms with Gasteiger partial charge in [0.15, 0.2) is 12.3 Å². The molecule has 34 heavy (non-hydrogen) atoms. The van der Waals surface area contributed by atoms with Gasteiger partial charge in [-0.25, -0.2) is 13.2 Å². The van der Waals surface area contributed by atoms with E-state index >= 15 is 4.39 Å². The quantitative estimate of drug-likeness (QED) is 0.310. The second-order valence-corrected chi connectivity index (χ2v) is 10.9. The molecule has 4 rings (SSSR count). The zero-order valence-corrected chi connectivity index (χ0v) is 21.0. The summed E-state index contributed by atoms with van der Waals surface area (Å²) in [7, 11) is 0. The summed E-state index contributed by atoms with van der Waals surface area (Å²) >= 11 is 0. The van der Waals surface area contributed by atoms with E-state index in [2.05, 4.69) is 19.9 Å². The molecule has 0 spiro atoms. The second-order valence-electron chi connectivity index (χ2n) is 10.9. The summed E-state index contributed by atoms with van der Waals surface area (Å²) in [5.74, 6) is 1.34. The van der Waals surface area contributed by atoms with Gasteiger partial charge in [-0.3, -0.25) is 0 Å². The molecule has 3 unspecified atom stereocenters. The number of alkyl halides is 3. The summed E-state index contributed by atoms with van der Waals surface area (Å²) in [6, 6.07) is 0. The van der Waals surface area contributed by atoms with Crippen molar-refractivity contribution in [3.05, 3.63) is 69.9 Å². The minimum Gasteiger partial charge on any atom is -0.242 e. The van der Waals surface area contributed by atoms with Gasteiger partial charge >= 0.3 is 0 Å². The third kappa shape index (κ3) is 5.89. The van der Waals surface area contributed by atoms with Crippen LogP contribution in [0.1, 0.15) is 90.9 Å². The van der Waals surface area contributed by atoms with Crippen LogP contribution < -0.4 is 0 Å². The average Bonchev–Trinajstić information content (AvgIpc) is 2.85. The van der Waals surface area contributed by atoms with E-state index in [9.17, 15) is 8.78 Å². The molecule has 4 aliphatic rings. The van der Waals surface area contributed by atoms with Crippen molar-refractivity contribution in [1.82, 2.24) is 0 Å². The predicted molar refractivity (Wildman–Crippen MR) is 137 cm³/mol. The standard InChI is InChI=1S/C31H41F3/c1-3-4-5-6-7-25-16-19-28(31(34)30(25)33)24-14-12-23(13-15-24)27-18-17-26(20-29(27)32)22-10-8-21(2)9-11-22/h12,14,16-19,21-22,29-31H,3-11,13,15,20H2,1-2H3. The van der Waals surface area contributed by atoms with E-state index < -0.39 is 18.5 Å².